The van der Waals surface area contributed by atoms with Gasteiger partial charge in [-0.15, -0.1) is 15.3 Å². The van der Waals surface area contributed by atoms with Crippen molar-refractivity contribution in [2.75, 3.05) is 0 Å². The molecule has 0 aromatic carbocycles. The lowest BCUT2D eigenvalue weighted by Gasteiger charge is -2.05. The van der Waals surface area contributed by atoms with Crippen LogP contribution in [0.4, 0.5) is 0 Å². The quantitative estimate of drug-likeness (QED) is 0.371. The summed E-state index contributed by atoms with van der Waals surface area (Å²) in [6.45, 7) is 4.62. The summed E-state index contributed by atoms with van der Waals surface area (Å²) in [5, 5.41) is 0. The van der Waals surface area contributed by atoms with Gasteiger partial charge in [0, 0.05) is 0 Å². The van der Waals surface area contributed by atoms with Crippen molar-refractivity contribution in [1.29, 1.82) is 0 Å². The number of hydrogen-bond acceptors (Lipinski definition) is 0. The van der Waals surface area contributed by atoms with E-state index in [1.54, 1.807) is 0 Å². The molecule has 0 fully saturated rings. The monoisotopic (exact) mass is 208 g/mol. The van der Waals surface area contributed by atoms with E-state index in [4.69, 9.17) is 0 Å². The topological polar surface area (TPSA) is 0 Å². The zero-order valence-corrected chi connectivity index (χ0v) is 9.49. The van der Waals surface area contributed by atoms with Crippen LogP contribution in [0.15, 0.2) is 0 Å². The first-order valence-corrected chi connectivity index (χ1v) is 8.77. The molecule has 0 heterocycles. The Bertz CT molecular complexity index is 56.9. The van der Waals surface area contributed by atoms with Crippen molar-refractivity contribution < 1.29 is 0 Å². The summed E-state index contributed by atoms with van der Waals surface area (Å²) >= 11 is 3.56. The molecule has 0 aromatic heterocycles. The Morgan fingerprint density at radius 1 is 1.56 bits per heavy atom. The number of hydrogen-bond donors (Lipinski definition) is 0. The van der Waals surface area contributed by atoms with Gasteiger partial charge in [-0.05, 0) is 5.92 Å². The zero-order valence-electron chi connectivity index (χ0n) is 6.49. The SMILES string of the molecule is CCC(C)CCC[SiH2]Br. The molecule has 0 nitrogen and oxygen atoms in total. The van der Waals surface area contributed by atoms with Gasteiger partial charge in [-0.1, -0.05) is 39.2 Å². The van der Waals surface area contributed by atoms with Crippen LogP contribution in [-0.2, 0) is 0 Å². The summed E-state index contributed by atoms with van der Waals surface area (Å²) < 4.78 is 0. The van der Waals surface area contributed by atoms with E-state index in [2.05, 4.69) is 29.1 Å². The molecular formula is C7H17BrSi. The third-order valence-electron chi connectivity index (χ3n) is 1.78. The van der Waals surface area contributed by atoms with Crippen molar-refractivity contribution in [3.63, 3.8) is 0 Å². The Hall–Kier alpha value is 0.697. The molecule has 1 unspecified atom stereocenters. The summed E-state index contributed by atoms with van der Waals surface area (Å²) in [7, 11) is 0.176. The van der Waals surface area contributed by atoms with E-state index in [0.717, 1.165) is 5.92 Å². The minimum absolute atomic E-state index is 0.176. The summed E-state index contributed by atoms with van der Waals surface area (Å²) in [5.41, 5.74) is 0. The van der Waals surface area contributed by atoms with Gasteiger partial charge in [0.15, 0.2) is 0 Å². The second-order valence-electron chi connectivity index (χ2n) is 2.70. The van der Waals surface area contributed by atoms with Crippen LogP contribution < -0.4 is 0 Å². The molecule has 56 valence electrons. The molecule has 0 radical (unpaired) electrons. The molecule has 0 rings (SSSR count). The van der Waals surface area contributed by atoms with Crippen LogP contribution in [0, 0.1) is 5.92 Å². The molecule has 1 atom stereocenters. The Labute approximate surface area is 68.8 Å². The predicted octanol–water partition coefficient (Wildman–Crippen LogP) is 2.71. The van der Waals surface area contributed by atoms with Gasteiger partial charge in [0.25, 0.3) is 0 Å². The fourth-order valence-electron chi connectivity index (χ4n) is 0.791. The minimum atomic E-state index is 0.176. The van der Waals surface area contributed by atoms with Crippen molar-refractivity contribution in [2.24, 2.45) is 5.92 Å². The van der Waals surface area contributed by atoms with E-state index in [9.17, 15) is 0 Å². The van der Waals surface area contributed by atoms with E-state index >= 15 is 0 Å². The second kappa shape index (κ2) is 6.81. The Morgan fingerprint density at radius 3 is 2.67 bits per heavy atom. The molecule has 0 saturated carbocycles. The van der Waals surface area contributed by atoms with Crippen LogP contribution in [0.1, 0.15) is 33.1 Å². The molecule has 9 heavy (non-hydrogen) atoms. The first-order valence-electron chi connectivity index (χ1n) is 3.87. The molecule has 2 heteroatoms. The highest BCUT2D eigenvalue weighted by molar-refractivity contribution is 9.23. The van der Waals surface area contributed by atoms with Crippen LogP contribution in [-0.4, -0.2) is 8.14 Å². The van der Waals surface area contributed by atoms with E-state index in [1.165, 1.54) is 25.3 Å². The minimum Gasteiger partial charge on any atom is -0.135 e. The van der Waals surface area contributed by atoms with Gasteiger partial charge >= 0.3 is 0 Å². The second-order valence-corrected chi connectivity index (χ2v) is 6.16. The Kier molecular flexibility index (Phi) is 7.34. The highest BCUT2D eigenvalue weighted by Gasteiger charge is 1.96. The Balaban J connectivity index is 2.88. The van der Waals surface area contributed by atoms with Gasteiger partial charge in [0.05, 0.1) is 8.14 Å². The van der Waals surface area contributed by atoms with Crippen LogP contribution >= 0.6 is 15.3 Å². The van der Waals surface area contributed by atoms with Gasteiger partial charge in [0.2, 0.25) is 0 Å². The third-order valence-corrected chi connectivity index (χ3v) is 4.23. The van der Waals surface area contributed by atoms with Crippen molar-refractivity contribution in [3.8, 4) is 0 Å². The molecule has 0 N–H and O–H groups in total. The van der Waals surface area contributed by atoms with Crippen LogP contribution in [0.25, 0.3) is 0 Å². The molecule has 0 amide bonds. The molecule has 0 aliphatic carbocycles. The maximum absolute atomic E-state index is 3.56. The molecule has 0 spiro atoms. The van der Waals surface area contributed by atoms with Crippen molar-refractivity contribution in [2.45, 2.75) is 39.2 Å². The molecule has 0 aliphatic heterocycles. The first kappa shape index (κ1) is 9.70. The van der Waals surface area contributed by atoms with Gasteiger partial charge in [-0.25, -0.2) is 0 Å². The maximum Gasteiger partial charge on any atom is 0.0985 e. The van der Waals surface area contributed by atoms with Gasteiger partial charge in [-0.2, -0.15) is 0 Å². The standard InChI is InChI=1S/C7H17BrSi/c1-3-7(2)5-4-6-9-8/h7H,3-6,9H2,1-2H3. The summed E-state index contributed by atoms with van der Waals surface area (Å²) in [6, 6.07) is 1.48. The largest absolute Gasteiger partial charge is 0.135 e. The fraction of sp³-hybridized carbons (Fsp3) is 1.00. The molecule has 0 bridgehead atoms. The molecule has 0 saturated heterocycles. The van der Waals surface area contributed by atoms with Crippen molar-refractivity contribution >= 4 is 23.4 Å². The first-order chi connectivity index (χ1) is 4.31. The smallest absolute Gasteiger partial charge is 0.0985 e. The van der Waals surface area contributed by atoms with E-state index < -0.39 is 0 Å². The van der Waals surface area contributed by atoms with E-state index in [0.29, 0.717) is 0 Å². The highest BCUT2D eigenvalue weighted by Crippen LogP contribution is 2.11. The Morgan fingerprint density at radius 2 is 2.22 bits per heavy atom. The van der Waals surface area contributed by atoms with Crippen molar-refractivity contribution in [1.82, 2.24) is 0 Å². The lowest BCUT2D eigenvalue weighted by Crippen LogP contribution is -1.91. The third kappa shape index (κ3) is 6.58. The highest BCUT2D eigenvalue weighted by atomic mass is 79.9. The number of halogens is 1. The van der Waals surface area contributed by atoms with Crippen LogP contribution in [0.5, 0.6) is 0 Å². The summed E-state index contributed by atoms with van der Waals surface area (Å²) in [4.78, 5) is 0. The van der Waals surface area contributed by atoms with E-state index in [-0.39, 0.29) is 8.14 Å². The average molecular weight is 209 g/mol. The van der Waals surface area contributed by atoms with Gasteiger partial charge in [0.1, 0.15) is 0 Å². The lowest BCUT2D eigenvalue weighted by molar-refractivity contribution is 0.509. The van der Waals surface area contributed by atoms with Crippen LogP contribution in [0.3, 0.4) is 0 Å². The molecule has 0 aromatic rings. The maximum atomic E-state index is 3.56. The number of rotatable bonds is 5. The normalized spacial score (nSPS) is 15.0. The fourth-order valence-corrected chi connectivity index (χ4v) is 2.46. The van der Waals surface area contributed by atoms with Gasteiger partial charge in [-0.3, -0.25) is 0 Å². The lowest BCUT2D eigenvalue weighted by atomic mass is 10.0. The van der Waals surface area contributed by atoms with Gasteiger partial charge < -0.3 is 0 Å². The average Bonchev–Trinajstić information content (AvgIpc) is 1.89. The molecule has 0 aliphatic rings. The molecular weight excluding hydrogens is 192 g/mol. The summed E-state index contributed by atoms with van der Waals surface area (Å²) in [5.74, 6) is 0.957. The zero-order chi connectivity index (χ0) is 7.11. The predicted molar refractivity (Wildman–Crippen MR) is 51.0 cm³/mol. The summed E-state index contributed by atoms with van der Waals surface area (Å²) in [6.07, 6.45) is 4.24. The van der Waals surface area contributed by atoms with Crippen molar-refractivity contribution in [3.05, 3.63) is 0 Å². The van der Waals surface area contributed by atoms with E-state index in [1.807, 2.05) is 0 Å². The van der Waals surface area contributed by atoms with Crippen LogP contribution in [0.2, 0.25) is 6.04 Å².